The summed E-state index contributed by atoms with van der Waals surface area (Å²) in [6, 6.07) is 9.36. The Hall–Kier alpha value is -0.970. The number of halogens is 1. The molecule has 0 aliphatic heterocycles. The maximum Gasteiger partial charge on any atom is 0.0918 e. The van der Waals surface area contributed by atoms with Gasteiger partial charge in [-0.3, -0.25) is 0 Å². The van der Waals surface area contributed by atoms with Crippen LogP contribution in [0.2, 0.25) is 0 Å². The molecule has 1 atom stereocenters. The molecule has 0 fully saturated rings. The van der Waals surface area contributed by atoms with Crippen LogP contribution < -0.4 is 5.73 Å². The van der Waals surface area contributed by atoms with Gasteiger partial charge in [-0.2, -0.15) is 0 Å². The highest BCUT2D eigenvalue weighted by Gasteiger charge is 1.97. The summed E-state index contributed by atoms with van der Waals surface area (Å²) >= 11 is 0. The van der Waals surface area contributed by atoms with Gasteiger partial charge in [0.1, 0.15) is 0 Å². The first kappa shape index (κ1) is 10.0. The Balaban J connectivity index is 0.000001000. The Bertz CT molecular complexity index is 237. The summed E-state index contributed by atoms with van der Waals surface area (Å²) in [7, 11) is 0. The van der Waals surface area contributed by atoms with Crippen LogP contribution in [-0.2, 0) is 0 Å². The van der Waals surface area contributed by atoms with Gasteiger partial charge in [0.05, 0.1) is 6.04 Å². The van der Waals surface area contributed by atoms with E-state index in [1.54, 1.807) is 0 Å². The Morgan fingerprint density at radius 2 is 1.82 bits per heavy atom. The molecule has 0 saturated carbocycles. The quantitative estimate of drug-likeness (QED) is 0.634. The minimum absolute atomic E-state index is 0. The molecule has 0 bridgehead atoms. The summed E-state index contributed by atoms with van der Waals surface area (Å²) in [5, 5.41) is 0. The van der Waals surface area contributed by atoms with Crippen molar-refractivity contribution in [3.8, 4) is 12.3 Å². The molecule has 0 unspecified atom stereocenters. The minimum Gasteiger partial charge on any atom is -0.314 e. The summed E-state index contributed by atoms with van der Waals surface area (Å²) < 4.78 is 0. The van der Waals surface area contributed by atoms with Gasteiger partial charge in [-0.25, -0.2) is 0 Å². The molecule has 0 aromatic heterocycles. The first-order valence-electron chi connectivity index (χ1n) is 3.11. The molecule has 2 N–H and O–H groups in total. The molecule has 0 saturated heterocycles. The minimum atomic E-state index is -0.263. The van der Waals surface area contributed by atoms with Crippen LogP contribution >= 0.6 is 12.4 Å². The Morgan fingerprint density at radius 3 is 2.27 bits per heavy atom. The van der Waals surface area contributed by atoms with E-state index in [9.17, 15) is 0 Å². The maximum absolute atomic E-state index is 5.56. The van der Waals surface area contributed by atoms with Crippen molar-refractivity contribution in [3.05, 3.63) is 35.9 Å². The van der Waals surface area contributed by atoms with Crippen LogP contribution in [0, 0.1) is 12.3 Å². The van der Waals surface area contributed by atoms with Crippen molar-refractivity contribution in [2.75, 3.05) is 0 Å². The van der Waals surface area contributed by atoms with Crippen molar-refractivity contribution in [3.63, 3.8) is 0 Å². The van der Waals surface area contributed by atoms with Crippen LogP contribution in [0.3, 0.4) is 0 Å². The molecule has 1 aromatic carbocycles. The molecule has 1 nitrogen and oxygen atoms in total. The van der Waals surface area contributed by atoms with Crippen LogP contribution in [0.4, 0.5) is 0 Å². The zero-order chi connectivity index (χ0) is 7.40. The predicted octanol–water partition coefficient (Wildman–Crippen LogP) is 1.74. The van der Waals surface area contributed by atoms with Crippen LogP contribution in [0.15, 0.2) is 30.3 Å². The van der Waals surface area contributed by atoms with E-state index in [1.165, 1.54) is 0 Å². The van der Waals surface area contributed by atoms with Crippen LogP contribution in [0.25, 0.3) is 0 Å². The first-order chi connectivity index (χ1) is 4.84. The lowest BCUT2D eigenvalue weighted by molar-refractivity contribution is 0.946. The lowest BCUT2D eigenvalue weighted by Crippen LogP contribution is -2.06. The van der Waals surface area contributed by atoms with E-state index >= 15 is 0 Å². The molecule has 0 spiro atoms. The second-order valence-corrected chi connectivity index (χ2v) is 2.06. The fourth-order valence-electron chi connectivity index (χ4n) is 0.757. The number of nitrogens with two attached hydrogens (primary N) is 1. The van der Waals surface area contributed by atoms with E-state index in [4.69, 9.17) is 12.2 Å². The average Bonchev–Trinajstić information content (AvgIpc) is 2.05. The molecule has 0 heterocycles. The molecule has 1 rings (SSSR count). The van der Waals surface area contributed by atoms with Gasteiger partial charge < -0.3 is 5.73 Å². The molecular weight excluding hydrogens is 158 g/mol. The summed E-state index contributed by atoms with van der Waals surface area (Å²) in [5.41, 5.74) is 6.55. The number of benzene rings is 1. The van der Waals surface area contributed by atoms with Crippen molar-refractivity contribution < 1.29 is 0 Å². The topological polar surface area (TPSA) is 26.0 Å². The summed E-state index contributed by atoms with van der Waals surface area (Å²) in [4.78, 5) is 0. The van der Waals surface area contributed by atoms with E-state index in [0.29, 0.717) is 0 Å². The molecule has 58 valence electrons. The fraction of sp³-hybridized carbons (Fsp3) is 0.111. The van der Waals surface area contributed by atoms with E-state index in [2.05, 4.69) is 5.92 Å². The fourth-order valence-corrected chi connectivity index (χ4v) is 0.757. The van der Waals surface area contributed by atoms with Crippen molar-refractivity contribution in [1.82, 2.24) is 0 Å². The van der Waals surface area contributed by atoms with E-state index in [0.717, 1.165) is 5.56 Å². The molecule has 11 heavy (non-hydrogen) atoms. The summed E-state index contributed by atoms with van der Waals surface area (Å²) in [6.07, 6.45) is 5.13. The third-order valence-electron chi connectivity index (χ3n) is 1.34. The van der Waals surface area contributed by atoms with Crippen molar-refractivity contribution in [1.29, 1.82) is 0 Å². The van der Waals surface area contributed by atoms with E-state index in [-0.39, 0.29) is 18.4 Å². The SMILES string of the molecule is C#C[C@H](N)c1ccccc1.Cl. The third kappa shape index (κ3) is 2.63. The van der Waals surface area contributed by atoms with Gasteiger partial charge in [0.2, 0.25) is 0 Å². The highest BCUT2D eigenvalue weighted by molar-refractivity contribution is 5.85. The van der Waals surface area contributed by atoms with Gasteiger partial charge in [-0.15, -0.1) is 18.8 Å². The molecule has 0 amide bonds. The highest BCUT2D eigenvalue weighted by Crippen LogP contribution is 2.06. The van der Waals surface area contributed by atoms with Gasteiger partial charge in [0.25, 0.3) is 0 Å². The number of terminal acetylenes is 1. The van der Waals surface area contributed by atoms with Gasteiger partial charge in [-0.05, 0) is 5.56 Å². The van der Waals surface area contributed by atoms with Gasteiger partial charge in [-0.1, -0.05) is 36.3 Å². The molecular formula is C9H10ClN. The molecule has 0 aliphatic rings. The van der Waals surface area contributed by atoms with Gasteiger partial charge >= 0.3 is 0 Å². The van der Waals surface area contributed by atoms with Crippen LogP contribution in [-0.4, -0.2) is 0 Å². The van der Waals surface area contributed by atoms with Crippen LogP contribution in [0.5, 0.6) is 0 Å². The number of rotatable bonds is 1. The maximum atomic E-state index is 5.56. The Kier molecular flexibility index (Phi) is 4.36. The van der Waals surface area contributed by atoms with Crippen LogP contribution in [0.1, 0.15) is 11.6 Å². The Morgan fingerprint density at radius 1 is 1.27 bits per heavy atom. The highest BCUT2D eigenvalue weighted by atomic mass is 35.5. The predicted molar refractivity (Wildman–Crippen MR) is 49.5 cm³/mol. The number of hydrogen-bond donors (Lipinski definition) is 1. The largest absolute Gasteiger partial charge is 0.314 e. The van der Waals surface area contributed by atoms with Gasteiger partial charge in [0.15, 0.2) is 0 Å². The third-order valence-corrected chi connectivity index (χ3v) is 1.34. The first-order valence-corrected chi connectivity index (χ1v) is 3.11. The Labute approximate surface area is 73.0 Å². The van der Waals surface area contributed by atoms with Gasteiger partial charge in [0, 0.05) is 0 Å². The van der Waals surface area contributed by atoms with E-state index in [1.807, 2.05) is 30.3 Å². The second-order valence-electron chi connectivity index (χ2n) is 2.06. The monoisotopic (exact) mass is 167 g/mol. The van der Waals surface area contributed by atoms with Crippen molar-refractivity contribution in [2.45, 2.75) is 6.04 Å². The van der Waals surface area contributed by atoms with Crippen molar-refractivity contribution in [2.24, 2.45) is 5.73 Å². The number of hydrogen-bond acceptors (Lipinski definition) is 1. The summed E-state index contributed by atoms with van der Waals surface area (Å²) in [5.74, 6) is 2.46. The smallest absolute Gasteiger partial charge is 0.0918 e. The zero-order valence-corrected chi connectivity index (χ0v) is 6.84. The average molecular weight is 168 g/mol. The normalized spacial score (nSPS) is 10.9. The lowest BCUT2D eigenvalue weighted by Gasteiger charge is -2.01. The zero-order valence-electron chi connectivity index (χ0n) is 6.03. The van der Waals surface area contributed by atoms with E-state index < -0.39 is 0 Å². The standard InChI is InChI=1S/C9H9N.ClH/c1-2-9(10)8-6-4-3-5-7-8;/h1,3-7,9H,10H2;1H/t9-;/m0./s1. The summed E-state index contributed by atoms with van der Waals surface area (Å²) in [6.45, 7) is 0. The molecule has 0 radical (unpaired) electrons. The molecule has 2 heteroatoms. The lowest BCUT2D eigenvalue weighted by atomic mass is 10.1. The van der Waals surface area contributed by atoms with Crippen molar-refractivity contribution >= 4 is 12.4 Å². The molecule has 0 aliphatic carbocycles. The second kappa shape index (κ2) is 4.79. The molecule has 1 aromatic rings.